The van der Waals surface area contributed by atoms with Gasteiger partial charge in [-0.3, -0.25) is 4.79 Å². The summed E-state index contributed by atoms with van der Waals surface area (Å²) in [4.78, 5) is 18.2. The van der Waals surface area contributed by atoms with Gasteiger partial charge in [0.15, 0.2) is 12.4 Å². The number of rotatable bonds is 6. The smallest absolute Gasteiger partial charge is 0.261 e. The van der Waals surface area contributed by atoms with Gasteiger partial charge in [0.2, 0.25) is 0 Å². The van der Waals surface area contributed by atoms with Gasteiger partial charge in [0.1, 0.15) is 11.3 Å². The first-order valence-corrected chi connectivity index (χ1v) is 10.9. The molecule has 0 saturated heterocycles. The van der Waals surface area contributed by atoms with Gasteiger partial charge in [-0.2, -0.15) is 10.2 Å². The number of halogens is 1. The number of nitrogens with zero attached hydrogens (tertiary/aromatic N) is 5. The maximum Gasteiger partial charge on any atom is 0.261 e. The zero-order chi connectivity index (χ0) is 21.2. The van der Waals surface area contributed by atoms with Crippen LogP contribution in [0, 0.1) is 0 Å². The largest absolute Gasteiger partial charge is 0.471 e. The first-order chi connectivity index (χ1) is 15.2. The number of anilines is 1. The number of hydrogen-bond acceptors (Lipinski definition) is 6. The third-order valence-corrected chi connectivity index (χ3v) is 5.91. The van der Waals surface area contributed by atoms with Crippen LogP contribution in [0.2, 0.25) is 0 Å². The highest BCUT2D eigenvalue weighted by molar-refractivity contribution is 9.10. The average Bonchev–Trinajstić information content (AvgIpc) is 3.54. The molecule has 0 aliphatic carbocycles. The van der Waals surface area contributed by atoms with Crippen LogP contribution in [-0.2, 0) is 6.73 Å². The number of amides is 1. The molecule has 4 aromatic heterocycles. The summed E-state index contributed by atoms with van der Waals surface area (Å²) < 4.78 is 9.94. The predicted octanol–water partition coefficient (Wildman–Crippen LogP) is 4.71. The number of carbonyl (C=O) groups is 1. The first kappa shape index (κ1) is 19.5. The summed E-state index contributed by atoms with van der Waals surface area (Å²) in [5, 5.41) is 13.4. The van der Waals surface area contributed by atoms with Crippen molar-refractivity contribution in [2.24, 2.45) is 0 Å². The summed E-state index contributed by atoms with van der Waals surface area (Å²) in [6.45, 7) is 0.222. The zero-order valence-corrected chi connectivity index (χ0v) is 18.4. The third-order valence-electron chi connectivity index (χ3n) is 4.49. The van der Waals surface area contributed by atoms with Crippen LogP contribution in [0.5, 0.6) is 5.75 Å². The van der Waals surface area contributed by atoms with Gasteiger partial charge < -0.3 is 10.1 Å². The van der Waals surface area contributed by atoms with Gasteiger partial charge in [-0.15, -0.1) is 11.3 Å². The molecule has 0 atom stereocenters. The minimum absolute atomic E-state index is 0.222. The molecule has 0 unspecified atom stereocenters. The van der Waals surface area contributed by atoms with Crippen molar-refractivity contribution in [1.82, 2.24) is 24.4 Å². The molecule has 0 saturated carbocycles. The Bertz CT molecular complexity index is 1340. The standard InChI is InChI=1S/C21H15BrN6O2S/c22-14-3-5-16(6-4-14)30-13-27-12-15(10-24-27)26-21(29)17-11-25-28-18(7-8-23-20(17)28)19-2-1-9-31-19/h1-12H,13H2,(H,26,29). The van der Waals surface area contributed by atoms with Crippen LogP contribution in [0.4, 0.5) is 5.69 Å². The van der Waals surface area contributed by atoms with E-state index in [-0.39, 0.29) is 12.6 Å². The maximum atomic E-state index is 12.8. The van der Waals surface area contributed by atoms with E-state index < -0.39 is 0 Å². The summed E-state index contributed by atoms with van der Waals surface area (Å²) >= 11 is 4.99. The van der Waals surface area contributed by atoms with Crippen molar-refractivity contribution in [3.05, 3.63) is 82.7 Å². The molecule has 0 radical (unpaired) electrons. The zero-order valence-electron chi connectivity index (χ0n) is 16.0. The molecule has 5 rings (SSSR count). The highest BCUT2D eigenvalue weighted by Gasteiger charge is 2.17. The van der Waals surface area contributed by atoms with Crippen molar-refractivity contribution in [3.8, 4) is 16.3 Å². The molecule has 1 amide bonds. The number of nitrogens with one attached hydrogen (secondary N) is 1. The Morgan fingerprint density at radius 2 is 2.00 bits per heavy atom. The quantitative estimate of drug-likeness (QED) is 0.369. The Kier molecular flexibility index (Phi) is 5.23. The van der Waals surface area contributed by atoms with Crippen LogP contribution in [0.3, 0.4) is 0 Å². The molecule has 154 valence electrons. The lowest BCUT2D eigenvalue weighted by molar-refractivity contribution is 0.102. The van der Waals surface area contributed by atoms with Crippen LogP contribution in [0.1, 0.15) is 10.4 Å². The molecule has 0 aliphatic heterocycles. The molecule has 0 bridgehead atoms. The van der Waals surface area contributed by atoms with E-state index in [4.69, 9.17) is 4.74 Å². The minimum atomic E-state index is -0.306. The molecular formula is C21H15BrN6O2S. The Hall–Kier alpha value is -3.50. The molecule has 1 aromatic carbocycles. The molecule has 8 nitrogen and oxygen atoms in total. The van der Waals surface area contributed by atoms with E-state index in [0.29, 0.717) is 16.9 Å². The second-order valence-electron chi connectivity index (χ2n) is 6.55. The molecule has 1 N–H and O–H groups in total. The van der Waals surface area contributed by atoms with Crippen molar-refractivity contribution < 1.29 is 9.53 Å². The van der Waals surface area contributed by atoms with E-state index in [9.17, 15) is 4.79 Å². The Morgan fingerprint density at radius 3 is 2.81 bits per heavy atom. The van der Waals surface area contributed by atoms with Crippen molar-refractivity contribution >= 4 is 44.5 Å². The number of hydrogen-bond donors (Lipinski definition) is 1. The van der Waals surface area contributed by atoms with Crippen LogP contribution >= 0.6 is 27.3 Å². The third kappa shape index (κ3) is 4.07. The van der Waals surface area contributed by atoms with E-state index in [1.807, 2.05) is 47.8 Å². The fourth-order valence-electron chi connectivity index (χ4n) is 3.03. The van der Waals surface area contributed by atoms with Gasteiger partial charge in [0.05, 0.1) is 34.8 Å². The van der Waals surface area contributed by atoms with Crippen LogP contribution in [0.25, 0.3) is 16.2 Å². The number of carbonyl (C=O) groups excluding carboxylic acids is 1. The number of aromatic nitrogens is 5. The van der Waals surface area contributed by atoms with Crippen molar-refractivity contribution in [2.45, 2.75) is 6.73 Å². The van der Waals surface area contributed by atoms with Crippen LogP contribution in [0.15, 0.2) is 77.1 Å². The van der Waals surface area contributed by atoms with Crippen LogP contribution < -0.4 is 10.1 Å². The van der Waals surface area contributed by atoms with E-state index in [2.05, 4.69) is 36.4 Å². The summed E-state index contributed by atoms with van der Waals surface area (Å²) in [6, 6.07) is 13.4. The minimum Gasteiger partial charge on any atom is -0.471 e. The topological polar surface area (TPSA) is 86.3 Å². The lowest BCUT2D eigenvalue weighted by Gasteiger charge is -2.06. The molecule has 4 heterocycles. The van der Waals surface area contributed by atoms with Gasteiger partial charge >= 0.3 is 0 Å². The highest BCUT2D eigenvalue weighted by Crippen LogP contribution is 2.25. The normalized spacial score (nSPS) is 11.0. The molecule has 10 heteroatoms. The van der Waals surface area contributed by atoms with E-state index in [1.165, 1.54) is 6.20 Å². The summed E-state index contributed by atoms with van der Waals surface area (Å²) in [6.07, 6.45) is 6.47. The Balaban J connectivity index is 1.30. The fourth-order valence-corrected chi connectivity index (χ4v) is 4.03. The summed E-state index contributed by atoms with van der Waals surface area (Å²) in [7, 11) is 0. The molecular weight excluding hydrogens is 480 g/mol. The Morgan fingerprint density at radius 1 is 1.13 bits per heavy atom. The first-order valence-electron chi connectivity index (χ1n) is 9.26. The van der Waals surface area contributed by atoms with Gasteiger partial charge in [0, 0.05) is 10.7 Å². The maximum absolute atomic E-state index is 12.8. The molecule has 0 spiro atoms. The predicted molar refractivity (Wildman–Crippen MR) is 121 cm³/mol. The van der Waals surface area contributed by atoms with Gasteiger partial charge in [-0.05, 0) is 41.8 Å². The Labute approximate surface area is 189 Å². The lowest BCUT2D eigenvalue weighted by atomic mass is 10.3. The van der Waals surface area contributed by atoms with Gasteiger partial charge in [-0.1, -0.05) is 22.0 Å². The van der Waals surface area contributed by atoms with Crippen molar-refractivity contribution in [2.75, 3.05) is 5.32 Å². The van der Waals surface area contributed by atoms with Crippen LogP contribution in [-0.4, -0.2) is 30.3 Å². The molecule has 0 fully saturated rings. The van der Waals surface area contributed by atoms with E-state index >= 15 is 0 Å². The number of fused-ring (bicyclic) bond motifs is 1. The number of benzene rings is 1. The number of thiophene rings is 1. The van der Waals surface area contributed by atoms with Gasteiger partial charge in [-0.25, -0.2) is 14.2 Å². The molecule has 0 aliphatic rings. The summed E-state index contributed by atoms with van der Waals surface area (Å²) in [5.74, 6) is 0.419. The lowest BCUT2D eigenvalue weighted by Crippen LogP contribution is -2.12. The average molecular weight is 495 g/mol. The number of ether oxygens (including phenoxy) is 1. The SMILES string of the molecule is O=C(Nc1cnn(COc2ccc(Br)cc2)c1)c1cnn2c(-c3cccs3)ccnc12. The van der Waals surface area contributed by atoms with Crippen molar-refractivity contribution in [3.63, 3.8) is 0 Å². The monoisotopic (exact) mass is 494 g/mol. The van der Waals surface area contributed by atoms with Crippen molar-refractivity contribution in [1.29, 1.82) is 0 Å². The summed E-state index contributed by atoms with van der Waals surface area (Å²) in [5.41, 5.74) is 2.32. The van der Waals surface area contributed by atoms with E-state index in [0.717, 1.165) is 20.8 Å². The molecule has 5 aromatic rings. The van der Waals surface area contributed by atoms with E-state index in [1.54, 1.807) is 39.1 Å². The van der Waals surface area contributed by atoms with Gasteiger partial charge in [0.25, 0.3) is 5.91 Å². The highest BCUT2D eigenvalue weighted by atomic mass is 79.9. The fraction of sp³-hybridized carbons (Fsp3) is 0.0476. The second kappa shape index (κ2) is 8.32. The second-order valence-corrected chi connectivity index (χ2v) is 8.41. The molecule has 31 heavy (non-hydrogen) atoms.